The molecule has 0 unspecified atom stereocenters. The highest BCUT2D eigenvalue weighted by molar-refractivity contribution is 7.90. The Bertz CT molecular complexity index is 946. The number of nitrogens with zero attached hydrogens (tertiary/aromatic N) is 1. The SMILES string of the molecule is CC(C)c1ccsc1C(=O)Nc1cccc(S(=O)(=O)NC2=NCCC2)c1. The predicted octanol–water partition coefficient (Wildman–Crippen LogP) is 3.59. The molecule has 0 saturated heterocycles. The van der Waals surface area contributed by atoms with E-state index in [2.05, 4.69) is 15.0 Å². The van der Waals surface area contributed by atoms with Gasteiger partial charge in [0.1, 0.15) is 5.84 Å². The number of amides is 1. The summed E-state index contributed by atoms with van der Waals surface area (Å²) in [5, 5.41) is 4.68. The normalized spacial score (nSPS) is 14.3. The van der Waals surface area contributed by atoms with Crippen LogP contribution in [-0.4, -0.2) is 26.7 Å². The lowest BCUT2D eigenvalue weighted by Crippen LogP contribution is -2.29. The van der Waals surface area contributed by atoms with Gasteiger partial charge >= 0.3 is 0 Å². The van der Waals surface area contributed by atoms with Crippen LogP contribution in [0.25, 0.3) is 0 Å². The number of hydrogen-bond acceptors (Lipinski definition) is 5. The van der Waals surface area contributed by atoms with Gasteiger partial charge in [-0.1, -0.05) is 19.9 Å². The van der Waals surface area contributed by atoms with Crippen LogP contribution < -0.4 is 10.0 Å². The van der Waals surface area contributed by atoms with Crippen molar-refractivity contribution in [3.63, 3.8) is 0 Å². The van der Waals surface area contributed by atoms with Crippen LogP contribution in [0, 0.1) is 0 Å². The Kier molecular flexibility index (Phi) is 5.43. The fourth-order valence-corrected chi connectivity index (χ4v) is 4.81. The Morgan fingerprint density at radius 3 is 2.77 bits per heavy atom. The molecule has 2 heterocycles. The Balaban J connectivity index is 1.79. The maximum absolute atomic E-state index is 12.6. The van der Waals surface area contributed by atoms with Crippen LogP contribution in [0.2, 0.25) is 0 Å². The first-order valence-corrected chi connectivity index (χ1v) is 10.8. The average molecular weight is 392 g/mol. The summed E-state index contributed by atoms with van der Waals surface area (Å²) in [6.07, 6.45) is 1.49. The molecule has 1 aliphatic heterocycles. The number of hydrogen-bond donors (Lipinski definition) is 2. The second-order valence-electron chi connectivity index (χ2n) is 6.38. The molecule has 0 aliphatic carbocycles. The van der Waals surface area contributed by atoms with Gasteiger partial charge in [0, 0.05) is 18.7 Å². The lowest BCUT2D eigenvalue weighted by atomic mass is 10.0. The van der Waals surface area contributed by atoms with Gasteiger partial charge in [-0.15, -0.1) is 11.3 Å². The molecule has 0 fully saturated rings. The Labute approximate surface area is 157 Å². The van der Waals surface area contributed by atoms with Crippen LogP contribution in [0.15, 0.2) is 45.6 Å². The third-order valence-electron chi connectivity index (χ3n) is 4.05. The van der Waals surface area contributed by atoms with Crippen LogP contribution in [-0.2, 0) is 10.0 Å². The highest BCUT2D eigenvalue weighted by atomic mass is 32.2. The van der Waals surface area contributed by atoms with E-state index in [1.807, 2.05) is 25.3 Å². The monoisotopic (exact) mass is 391 g/mol. The zero-order valence-corrected chi connectivity index (χ0v) is 16.3. The van der Waals surface area contributed by atoms with Gasteiger partial charge in [-0.25, -0.2) is 8.42 Å². The minimum atomic E-state index is -3.71. The number of carbonyl (C=O) groups is 1. The number of anilines is 1. The van der Waals surface area contributed by atoms with Gasteiger partial charge in [0.2, 0.25) is 0 Å². The van der Waals surface area contributed by atoms with Gasteiger partial charge in [-0.05, 0) is 47.5 Å². The molecule has 0 radical (unpaired) electrons. The van der Waals surface area contributed by atoms with Crippen molar-refractivity contribution in [3.8, 4) is 0 Å². The minimum absolute atomic E-state index is 0.0974. The van der Waals surface area contributed by atoms with Crippen LogP contribution >= 0.6 is 11.3 Å². The lowest BCUT2D eigenvalue weighted by Gasteiger charge is -2.11. The molecule has 0 bridgehead atoms. The standard InChI is InChI=1S/C18H21N3O3S2/c1-12(2)15-8-10-25-17(15)18(22)20-13-5-3-6-14(11-13)26(23,24)21-16-7-4-9-19-16/h3,5-6,8,10-12H,4,7,9H2,1-2H3,(H,19,21)(H,20,22). The number of benzene rings is 1. The van der Waals surface area contributed by atoms with Gasteiger partial charge in [0.15, 0.2) is 0 Å². The summed E-state index contributed by atoms with van der Waals surface area (Å²) in [6.45, 7) is 4.71. The third-order valence-corrected chi connectivity index (χ3v) is 6.36. The van der Waals surface area contributed by atoms with Crippen molar-refractivity contribution in [2.75, 3.05) is 11.9 Å². The largest absolute Gasteiger partial charge is 0.321 e. The average Bonchev–Trinajstić information content (AvgIpc) is 3.26. The molecule has 26 heavy (non-hydrogen) atoms. The van der Waals surface area contributed by atoms with Crippen molar-refractivity contribution in [3.05, 3.63) is 46.2 Å². The predicted molar refractivity (Wildman–Crippen MR) is 105 cm³/mol. The van der Waals surface area contributed by atoms with E-state index in [1.54, 1.807) is 12.1 Å². The van der Waals surface area contributed by atoms with E-state index in [4.69, 9.17) is 0 Å². The first kappa shape index (κ1) is 18.6. The molecule has 1 aromatic heterocycles. The number of thiophene rings is 1. The molecule has 1 aromatic carbocycles. The summed E-state index contributed by atoms with van der Waals surface area (Å²) in [4.78, 5) is 17.4. The minimum Gasteiger partial charge on any atom is -0.321 e. The van der Waals surface area contributed by atoms with Gasteiger partial charge in [-0.2, -0.15) is 0 Å². The molecule has 1 aliphatic rings. The van der Waals surface area contributed by atoms with E-state index in [0.29, 0.717) is 29.4 Å². The lowest BCUT2D eigenvalue weighted by molar-refractivity contribution is 0.102. The second-order valence-corrected chi connectivity index (χ2v) is 8.98. The van der Waals surface area contributed by atoms with Crippen molar-refractivity contribution in [1.82, 2.24) is 4.72 Å². The molecule has 138 valence electrons. The summed E-state index contributed by atoms with van der Waals surface area (Å²) in [7, 11) is -3.71. The Morgan fingerprint density at radius 2 is 2.08 bits per heavy atom. The second kappa shape index (κ2) is 7.59. The number of carbonyl (C=O) groups excluding carboxylic acids is 1. The van der Waals surface area contributed by atoms with E-state index in [9.17, 15) is 13.2 Å². The van der Waals surface area contributed by atoms with Crippen molar-refractivity contribution in [2.24, 2.45) is 4.99 Å². The summed E-state index contributed by atoms with van der Waals surface area (Å²) in [6, 6.07) is 8.18. The smallest absolute Gasteiger partial charge is 0.266 e. The highest BCUT2D eigenvalue weighted by Gasteiger charge is 2.20. The molecular weight excluding hydrogens is 370 g/mol. The number of aliphatic imine (C=N–C) groups is 1. The number of rotatable bonds is 5. The zero-order valence-electron chi connectivity index (χ0n) is 14.7. The van der Waals surface area contributed by atoms with Crippen LogP contribution in [0.4, 0.5) is 5.69 Å². The molecule has 8 heteroatoms. The molecule has 0 atom stereocenters. The first-order valence-electron chi connectivity index (χ1n) is 8.42. The Morgan fingerprint density at radius 1 is 1.27 bits per heavy atom. The molecular formula is C18H21N3O3S2. The fourth-order valence-electron chi connectivity index (χ4n) is 2.72. The van der Waals surface area contributed by atoms with Gasteiger partial charge in [0.05, 0.1) is 9.77 Å². The van der Waals surface area contributed by atoms with Crippen molar-refractivity contribution >= 4 is 38.8 Å². The van der Waals surface area contributed by atoms with Crippen LogP contribution in [0.5, 0.6) is 0 Å². The molecule has 0 saturated carbocycles. The fraction of sp³-hybridized carbons (Fsp3) is 0.333. The van der Waals surface area contributed by atoms with Crippen LogP contribution in [0.3, 0.4) is 0 Å². The number of sulfonamides is 1. The molecule has 1 amide bonds. The Hall–Kier alpha value is -2.19. The number of amidine groups is 1. The zero-order chi connectivity index (χ0) is 18.7. The summed E-state index contributed by atoms with van der Waals surface area (Å²) in [5.41, 5.74) is 1.42. The molecule has 3 rings (SSSR count). The summed E-state index contributed by atoms with van der Waals surface area (Å²) in [5.74, 6) is 0.496. The van der Waals surface area contributed by atoms with E-state index < -0.39 is 10.0 Å². The molecule has 6 nitrogen and oxygen atoms in total. The topological polar surface area (TPSA) is 87.6 Å². The van der Waals surface area contributed by atoms with E-state index in [-0.39, 0.29) is 16.7 Å². The summed E-state index contributed by atoms with van der Waals surface area (Å²) >= 11 is 1.38. The number of nitrogens with one attached hydrogen (secondary N) is 2. The molecule has 2 N–H and O–H groups in total. The van der Waals surface area contributed by atoms with Crippen molar-refractivity contribution in [2.45, 2.75) is 37.5 Å². The van der Waals surface area contributed by atoms with Gasteiger partial charge in [-0.3, -0.25) is 14.5 Å². The first-order chi connectivity index (χ1) is 12.4. The van der Waals surface area contributed by atoms with E-state index in [0.717, 1.165) is 12.0 Å². The maximum atomic E-state index is 12.6. The quantitative estimate of drug-likeness (QED) is 0.816. The van der Waals surface area contributed by atoms with Crippen LogP contribution in [0.1, 0.15) is 47.8 Å². The van der Waals surface area contributed by atoms with E-state index >= 15 is 0 Å². The van der Waals surface area contributed by atoms with Gasteiger partial charge < -0.3 is 5.32 Å². The van der Waals surface area contributed by atoms with E-state index in [1.165, 1.54) is 23.5 Å². The molecule has 2 aromatic rings. The van der Waals surface area contributed by atoms with Gasteiger partial charge in [0.25, 0.3) is 15.9 Å². The van der Waals surface area contributed by atoms with Crippen molar-refractivity contribution in [1.29, 1.82) is 0 Å². The third kappa shape index (κ3) is 4.13. The molecule has 0 spiro atoms. The van der Waals surface area contributed by atoms with Crippen molar-refractivity contribution < 1.29 is 13.2 Å². The highest BCUT2D eigenvalue weighted by Crippen LogP contribution is 2.26. The maximum Gasteiger partial charge on any atom is 0.266 e. The summed E-state index contributed by atoms with van der Waals surface area (Å²) < 4.78 is 27.5.